The maximum absolute atomic E-state index is 13.1. The molecule has 4 nitrogen and oxygen atoms in total. The largest absolute Gasteiger partial charge is 0.478 e. The monoisotopic (exact) mass is 558 g/mol. The van der Waals surface area contributed by atoms with Crippen molar-refractivity contribution in [3.63, 3.8) is 0 Å². The molecule has 5 aromatic rings. The maximum atomic E-state index is 13.1. The van der Waals surface area contributed by atoms with Crippen LogP contribution in [0.1, 0.15) is 32.9 Å². The van der Waals surface area contributed by atoms with Crippen molar-refractivity contribution in [1.82, 2.24) is 9.55 Å². The third kappa shape index (κ3) is 6.16. The number of rotatable bonds is 7. The quantitative estimate of drug-likeness (QED) is 0.217. The lowest BCUT2D eigenvalue weighted by Gasteiger charge is -2.09. The Morgan fingerprint density at radius 2 is 1.60 bits per heavy atom. The predicted octanol–water partition coefficient (Wildman–Crippen LogP) is 8.81. The van der Waals surface area contributed by atoms with E-state index in [1.807, 2.05) is 53.2 Å². The molecule has 0 atom stereocenters. The van der Waals surface area contributed by atoms with Crippen LogP contribution in [-0.4, -0.2) is 20.6 Å². The number of benzene rings is 4. The van der Waals surface area contributed by atoms with Crippen LogP contribution < -0.4 is 0 Å². The second-order valence-electron chi connectivity index (χ2n) is 9.13. The molecule has 0 aliphatic heterocycles. The van der Waals surface area contributed by atoms with Gasteiger partial charge in [-0.3, -0.25) is 0 Å². The van der Waals surface area contributed by atoms with E-state index in [-0.39, 0.29) is 5.56 Å². The van der Waals surface area contributed by atoms with Gasteiger partial charge in [0.2, 0.25) is 0 Å². The van der Waals surface area contributed by atoms with Crippen LogP contribution in [-0.2, 0) is 12.7 Å². The fourth-order valence-corrected chi connectivity index (χ4v) is 4.50. The van der Waals surface area contributed by atoms with Gasteiger partial charge < -0.3 is 9.67 Å². The number of alkyl halides is 3. The fraction of sp³-hybridized carbons (Fsp3) is 0.0625. The van der Waals surface area contributed by atoms with E-state index in [1.54, 1.807) is 48.5 Å². The van der Waals surface area contributed by atoms with Crippen molar-refractivity contribution in [1.29, 1.82) is 0 Å². The molecular formula is C32H22ClF3N2O2. The van der Waals surface area contributed by atoms with Crippen molar-refractivity contribution in [2.45, 2.75) is 12.7 Å². The van der Waals surface area contributed by atoms with Crippen LogP contribution in [0.2, 0.25) is 5.02 Å². The molecule has 0 spiro atoms. The summed E-state index contributed by atoms with van der Waals surface area (Å²) in [5.74, 6) is -0.336. The number of hydrogen-bond donors (Lipinski definition) is 1. The van der Waals surface area contributed by atoms with E-state index in [0.29, 0.717) is 34.2 Å². The Labute approximate surface area is 233 Å². The zero-order valence-corrected chi connectivity index (χ0v) is 21.7. The smallest absolute Gasteiger partial charge is 0.416 e. The summed E-state index contributed by atoms with van der Waals surface area (Å²) in [4.78, 5) is 16.0. The number of carboxylic acids is 1. The number of halogens is 4. The minimum Gasteiger partial charge on any atom is -0.478 e. The summed E-state index contributed by atoms with van der Waals surface area (Å²) in [6, 6.07) is 26.5. The summed E-state index contributed by atoms with van der Waals surface area (Å²) < 4.78 is 41.3. The van der Waals surface area contributed by atoms with Gasteiger partial charge in [0.05, 0.1) is 21.8 Å². The first-order chi connectivity index (χ1) is 19.2. The van der Waals surface area contributed by atoms with Crippen LogP contribution >= 0.6 is 11.6 Å². The van der Waals surface area contributed by atoms with Crippen LogP contribution in [0.15, 0.2) is 103 Å². The molecule has 5 rings (SSSR count). The van der Waals surface area contributed by atoms with Crippen molar-refractivity contribution >= 4 is 29.7 Å². The first-order valence-corrected chi connectivity index (χ1v) is 12.7. The summed E-state index contributed by atoms with van der Waals surface area (Å²) in [5, 5.41) is 9.76. The van der Waals surface area contributed by atoms with Crippen LogP contribution in [0, 0.1) is 0 Å². The van der Waals surface area contributed by atoms with Gasteiger partial charge in [-0.25, -0.2) is 9.78 Å². The van der Waals surface area contributed by atoms with E-state index in [4.69, 9.17) is 16.6 Å². The van der Waals surface area contributed by atoms with Gasteiger partial charge >= 0.3 is 12.1 Å². The number of imidazole rings is 1. The molecule has 0 saturated heterocycles. The molecule has 0 bridgehead atoms. The van der Waals surface area contributed by atoms with E-state index >= 15 is 0 Å². The molecule has 1 aromatic heterocycles. The summed E-state index contributed by atoms with van der Waals surface area (Å²) >= 11 is 6.42. The Kier molecular flexibility index (Phi) is 7.58. The van der Waals surface area contributed by atoms with Gasteiger partial charge in [-0.2, -0.15) is 13.2 Å². The van der Waals surface area contributed by atoms with Gasteiger partial charge in [0.25, 0.3) is 0 Å². The van der Waals surface area contributed by atoms with Gasteiger partial charge in [0, 0.05) is 18.3 Å². The number of aromatic nitrogens is 2. The molecule has 200 valence electrons. The third-order valence-electron chi connectivity index (χ3n) is 6.37. The van der Waals surface area contributed by atoms with Gasteiger partial charge in [-0.15, -0.1) is 0 Å². The van der Waals surface area contributed by atoms with Crippen molar-refractivity contribution in [3.05, 3.63) is 136 Å². The number of aromatic carboxylic acids is 1. The zero-order valence-electron chi connectivity index (χ0n) is 20.9. The van der Waals surface area contributed by atoms with Gasteiger partial charge in [0.1, 0.15) is 5.82 Å². The van der Waals surface area contributed by atoms with Crippen molar-refractivity contribution < 1.29 is 23.1 Å². The molecule has 0 amide bonds. The Morgan fingerprint density at radius 3 is 2.27 bits per heavy atom. The molecule has 0 saturated carbocycles. The number of carboxylic acid groups (broad SMARTS) is 1. The lowest BCUT2D eigenvalue weighted by Crippen LogP contribution is -2.04. The molecule has 1 heterocycles. The highest BCUT2D eigenvalue weighted by Crippen LogP contribution is 2.32. The van der Waals surface area contributed by atoms with Gasteiger partial charge in [-0.05, 0) is 58.7 Å². The van der Waals surface area contributed by atoms with Crippen molar-refractivity contribution in [3.8, 4) is 22.4 Å². The second-order valence-corrected chi connectivity index (χ2v) is 9.54. The van der Waals surface area contributed by atoms with E-state index in [2.05, 4.69) is 0 Å². The molecule has 40 heavy (non-hydrogen) atoms. The fourth-order valence-electron chi connectivity index (χ4n) is 4.27. The lowest BCUT2D eigenvalue weighted by atomic mass is 10.0. The SMILES string of the molecule is O=C(O)c1ccc(Cn2cc(-c3ccccc3Cl)nc2C=Cc2ccc(-c3cccc(C(F)(F)F)c3)cc2)cc1. The van der Waals surface area contributed by atoms with Crippen LogP contribution in [0.5, 0.6) is 0 Å². The minimum atomic E-state index is -4.40. The van der Waals surface area contributed by atoms with Gasteiger partial charge in [0.15, 0.2) is 0 Å². The topological polar surface area (TPSA) is 55.1 Å². The number of carbonyl (C=O) groups is 1. The Balaban J connectivity index is 1.43. The number of nitrogens with zero attached hydrogens (tertiary/aromatic N) is 2. The summed E-state index contributed by atoms with van der Waals surface area (Å²) in [6.07, 6.45) is 1.22. The highest BCUT2D eigenvalue weighted by Gasteiger charge is 2.30. The third-order valence-corrected chi connectivity index (χ3v) is 6.70. The average Bonchev–Trinajstić information content (AvgIpc) is 3.34. The summed E-state index contributed by atoms with van der Waals surface area (Å²) in [7, 11) is 0. The van der Waals surface area contributed by atoms with Crippen LogP contribution in [0.25, 0.3) is 34.5 Å². The molecule has 0 unspecified atom stereocenters. The molecule has 0 aliphatic carbocycles. The summed E-state index contributed by atoms with van der Waals surface area (Å²) in [6.45, 7) is 0.450. The Hall–Kier alpha value is -4.62. The first kappa shape index (κ1) is 27.0. The Bertz CT molecular complexity index is 1690. The van der Waals surface area contributed by atoms with Crippen molar-refractivity contribution in [2.24, 2.45) is 0 Å². The normalized spacial score (nSPS) is 11.7. The summed E-state index contributed by atoms with van der Waals surface area (Å²) in [5.41, 5.74) is 3.89. The zero-order chi connectivity index (χ0) is 28.3. The minimum absolute atomic E-state index is 0.208. The average molecular weight is 559 g/mol. The molecule has 0 fully saturated rings. The van der Waals surface area contributed by atoms with Crippen LogP contribution in [0.3, 0.4) is 0 Å². The lowest BCUT2D eigenvalue weighted by molar-refractivity contribution is -0.137. The van der Waals surface area contributed by atoms with E-state index in [0.717, 1.165) is 28.8 Å². The molecular weight excluding hydrogens is 537 g/mol. The predicted molar refractivity (Wildman–Crippen MR) is 151 cm³/mol. The standard InChI is InChI=1S/C32H22ClF3N2O2/c33-28-7-2-1-6-27(28)29-20-38(19-22-10-15-24(16-11-22)31(39)40)30(37-29)17-12-21-8-13-23(14-9-21)25-4-3-5-26(18-25)32(34,35)36/h1-18,20H,19H2,(H,39,40). The second kappa shape index (κ2) is 11.2. The van der Waals surface area contributed by atoms with Crippen LogP contribution in [0.4, 0.5) is 13.2 Å². The molecule has 0 aliphatic rings. The molecule has 0 radical (unpaired) electrons. The number of hydrogen-bond acceptors (Lipinski definition) is 2. The molecule has 1 N–H and O–H groups in total. The van der Waals surface area contributed by atoms with Gasteiger partial charge in [-0.1, -0.05) is 84.4 Å². The highest BCUT2D eigenvalue weighted by atomic mass is 35.5. The van der Waals surface area contributed by atoms with Crippen molar-refractivity contribution in [2.75, 3.05) is 0 Å². The maximum Gasteiger partial charge on any atom is 0.416 e. The highest BCUT2D eigenvalue weighted by molar-refractivity contribution is 6.33. The van der Waals surface area contributed by atoms with E-state index in [1.165, 1.54) is 6.07 Å². The Morgan fingerprint density at radius 1 is 0.875 bits per heavy atom. The van der Waals surface area contributed by atoms with E-state index < -0.39 is 17.7 Å². The molecule has 4 aromatic carbocycles. The van der Waals surface area contributed by atoms with E-state index in [9.17, 15) is 23.1 Å². The molecule has 8 heteroatoms. The first-order valence-electron chi connectivity index (χ1n) is 12.3.